The minimum absolute atomic E-state index is 0.185. The number of thiazole rings is 1. The number of aliphatic hydroxyl groups is 1. The van der Waals surface area contributed by atoms with Gasteiger partial charge in [-0.1, -0.05) is 41.1 Å². The topological polar surface area (TPSA) is 70.5 Å². The van der Waals surface area contributed by atoms with Crippen LogP contribution in [-0.2, 0) is 11.2 Å². The third kappa shape index (κ3) is 6.02. The van der Waals surface area contributed by atoms with E-state index in [1.54, 1.807) is 11.3 Å². The molecular formula is C23H27ClN4O2S. The number of anilines is 2. The van der Waals surface area contributed by atoms with Crippen LogP contribution in [-0.4, -0.2) is 59.4 Å². The molecule has 1 fully saturated rings. The van der Waals surface area contributed by atoms with Gasteiger partial charge in [0.25, 0.3) is 0 Å². The molecular weight excluding hydrogens is 432 g/mol. The van der Waals surface area contributed by atoms with E-state index in [-0.39, 0.29) is 6.61 Å². The number of ether oxygens (including phenoxy) is 1. The summed E-state index contributed by atoms with van der Waals surface area (Å²) in [6.07, 6.45) is 4.71. The zero-order valence-electron chi connectivity index (χ0n) is 17.6. The summed E-state index contributed by atoms with van der Waals surface area (Å²) in [5.41, 5.74) is 3.38. The van der Waals surface area contributed by atoms with E-state index >= 15 is 0 Å². The maximum absolute atomic E-state index is 9.24. The maximum Gasteiger partial charge on any atom is 0.188 e. The monoisotopic (exact) mass is 458 g/mol. The average molecular weight is 459 g/mol. The van der Waals surface area contributed by atoms with Crippen LogP contribution in [0.15, 0.2) is 42.7 Å². The Morgan fingerprint density at radius 1 is 1.26 bits per heavy atom. The fraction of sp³-hybridized carbons (Fsp3) is 0.391. The van der Waals surface area contributed by atoms with Crippen molar-refractivity contribution in [3.63, 3.8) is 0 Å². The van der Waals surface area contributed by atoms with Crippen LogP contribution < -0.4 is 5.32 Å². The second kappa shape index (κ2) is 10.5. The van der Waals surface area contributed by atoms with Gasteiger partial charge < -0.3 is 15.2 Å². The number of hydrogen-bond donors (Lipinski definition) is 2. The number of hydrogen-bond acceptors (Lipinski definition) is 7. The molecule has 3 aromatic rings. The quantitative estimate of drug-likeness (QED) is 0.547. The number of halogens is 1. The molecule has 8 heteroatoms. The zero-order valence-corrected chi connectivity index (χ0v) is 19.1. The number of nitrogens with zero attached hydrogens (tertiary/aromatic N) is 3. The Labute approximate surface area is 191 Å². The third-order valence-electron chi connectivity index (χ3n) is 5.36. The molecule has 1 atom stereocenters. The van der Waals surface area contributed by atoms with Crippen molar-refractivity contribution in [1.82, 2.24) is 14.9 Å². The lowest BCUT2D eigenvalue weighted by atomic mass is 10.00. The Balaban J connectivity index is 1.40. The van der Waals surface area contributed by atoms with Crippen molar-refractivity contribution in [1.29, 1.82) is 0 Å². The molecule has 0 saturated carbocycles. The van der Waals surface area contributed by atoms with Gasteiger partial charge in [0, 0.05) is 37.1 Å². The molecule has 1 aliphatic rings. The van der Waals surface area contributed by atoms with Gasteiger partial charge in [0.1, 0.15) is 5.82 Å². The maximum atomic E-state index is 9.24. The predicted molar refractivity (Wildman–Crippen MR) is 126 cm³/mol. The Kier molecular flexibility index (Phi) is 7.53. The molecule has 1 unspecified atom stereocenters. The summed E-state index contributed by atoms with van der Waals surface area (Å²) in [5, 5.41) is 14.1. The first kappa shape index (κ1) is 22.2. The van der Waals surface area contributed by atoms with Crippen molar-refractivity contribution in [2.45, 2.75) is 13.3 Å². The first-order valence-corrected chi connectivity index (χ1v) is 11.7. The number of rotatable bonds is 7. The lowest BCUT2D eigenvalue weighted by molar-refractivity contribution is 0.121. The van der Waals surface area contributed by atoms with E-state index in [1.807, 2.05) is 36.7 Å². The van der Waals surface area contributed by atoms with Gasteiger partial charge in [-0.15, -0.1) is 0 Å². The minimum Gasteiger partial charge on any atom is -0.395 e. The smallest absolute Gasteiger partial charge is 0.188 e. The van der Waals surface area contributed by atoms with Crippen LogP contribution in [0.4, 0.5) is 10.9 Å². The van der Waals surface area contributed by atoms with Crippen LogP contribution in [0.25, 0.3) is 10.4 Å². The normalized spacial score (nSPS) is 17.5. The second-order valence-electron chi connectivity index (χ2n) is 7.84. The van der Waals surface area contributed by atoms with Gasteiger partial charge in [0.15, 0.2) is 5.13 Å². The summed E-state index contributed by atoms with van der Waals surface area (Å²) >= 11 is 7.57. The van der Waals surface area contributed by atoms with Gasteiger partial charge in [0.05, 0.1) is 24.7 Å². The lowest BCUT2D eigenvalue weighted by Crippen LogP contribution is -2.33. The van der Waals surface area contributed by atoms with E-state index in [9.17, 15) is 5.11 Å². The van der Waals surface area contributed by atoms with E-state index in [0.29, 0.717) is 12.5 Å². The molecule has 0 bridgehead atoms. The number of nitrogens with one attached hydrogen (secondary N) is 1. The van der Waals surface area contributed by atoms with E-state index in [1.165, 1.54) is 5.56 Å². The molecule has 2 N–H and O–H groups in total. The first-order valence-electron chi connectivity index (χ1n) is 10.5. The molecule has 31 heavy (non-hydrogen) atoms. The SMILES string of the molecule is Cc1cc(CC2COCCN(CCO)C2)cnc1Nc1ncc(-c2ccc(Cl)cc2)s1. The van der Waals surface area contributed by atoms with E-state index in [2.05, 4.69) is 33.2 Å². The second-order valence-corrected chi connectivity index (χ2v) is 9.31. The summed E-state index contributed by atoms with van der Waals surface area (Å²) in [6, 6.07) is 9.95. The van der Waals surface area contributed by atoms with E-state index < -0.39 is 0 Å². The summed E-state index contributed by atoms with van der Waals surface area (Å²) in [7, 11) is 0. The zero-order chi connectivity index (χ0) is 21.6. The number of β-amino-alcohol motifs (C(OH)–C–C–N with tert-alkyl or cyclic N) is 1. The van der Waals surface area contributed by atoms with Crippen LogP contribution in [0.1, 0.15) is 11.1 Å². The third-order valence-corrected chi connectivity index (χ3v) is 6.57. The lowest BCUT2D eigenvalue weighted by Gasteiger charge is -2.22. The highest BCUT2D eigenvalue weighted by molar-refractivity contribution is 7.18. The van der Waals surface area contributed by atoms with Crippen molar-refractivity contribution < 1.29 is 9.84 Å². The molecule has 1 saturated heterocycles. The molecule has 0 amide bonds. The molecule has 164 valence electrons. The molecule has 0 aliphatic carbocycles. The van der Waals surface area contributed by atoms with Gasteiger partial charge in [0.2, 0.25) is 0 Å². The van der Waals surface area contributed by atoms with Crippen LogP contribution in [0, 0.1) is 12.8 Å². The summed E-state index contributed by atoms with van der Waals surface area (Å²) in [4.78, 5) is 12.5. The van der Waals surface area contributed by atoms with E-state index in [4.69, 9.17) is 16.3 Å². The highest BCUT2D eigenvalue weighted by Crippen LogP contribution is 2.31. The predicted octanol–water partition coefficient (Wildman–Crippen LogP) is 4.39. The number of pyridine rings is 1. The molecule has 3 heterocycles. The summed E-state index contributed by atoms with van der Waals surface area (Å²) in [6.45, 7) is 6.23. The Bertz CT molecular complexity index is 995. The molecule has 2 aromatic heterocycles. The average Bonchev–Trinajstić information content (AvgIpc) is 3.11. The molecule has 0 spiro atoms. The Morgan fingerprint density at radius 3 is 2.87 bits per heavy atom. The summed E-state index contributed by atoms with van der Waals surface area (Å²) in [5.74, 6) is 1.22. The van der Waals surface area contributed by atoms with Gasteiger partial charge in [-0.05, 0) is 48.1 Å². The Hall–Kier alpha value is -2.03. The van der Waals surface area contributed by atoms with Gasteiger partial charge in [-0.25, -0.2) is 9.97 Å². The molecule has 0 radical (unpaired) electrons. The van der Waals surface area contributed by atoms with Gasteiger partial charge >= 0.3 is 0 Å². The molecule has 4 rings (SSSR count). The van der Waals surface area contributed by atoms with Crippen LogP contribution in [0.3, 0.4) is 0 Å². The van der Waals surface area contributed by atoms with Crippen LogP contribution >= 0.6 is 22.9 Å². The fourth-order valence-corrected chi connectivity index (χ4v) is 4.76. The highest BCUT2D eigenvalue weighted by atomic mass is 35.5. The largest absolute Gasteiger partial charge is 0.395 e. The number of aromatic nitrogens is 2. The fourth-order valence-electron chi connectivity index (χ4n) is 3.81. The molecule has 1 aliphatic heterocycles. The first-order chi connectivity index (χ1) is 15.1. The van der Waals surface area contributed by atoms with Crippen molar-refractivity contribution in [2.24, 2.45) is 5.92 Å². The van der Waals surface area contributed by atoms with Gasteiger partial charge in [-0.2, -0.15) is 0 Å². The van der Waals surface area contributed by atoms with Crippen LogP contribution in [0.5, 0.6) is 0 Å². The number of benzene rings is 1. The van der Waals surface area contributed by atoms with Crippen molar-refractivity contribution in [3.8, 4) is 10.4 Å². The number of aryl methyl sites for hydroxylation is 1. The van der Waals surface area contributed by atoms with Gasteiger partial charge in [-0.3, -0.25) is 4.90 Å². The van der Waals surface area contributed by atoms with Crippen molar-refractivity contribution in [2.75, 3.05) is 44.8 Å². The minimum atomic E-state index is 0.185. The van der Waals surface area contributed by atoms with Crippen molar-refractivity contribution >= 4 is 33.9 Å². The number of aliphatic hydroxyl groups excluding tert-OH is 1. The van der Waals surface area contributed by atoms with Crippen LogP contribution in [0.2, 0.25) is 5.02 Å². The van der Waals surface area contributed by atoms with Crippen molar-refractivity contribution in [3.05, 3.63) is 58.9 Å². The molecule has 6 nitrogen and oxygen atoms in total. The standard InChI is InChI=1S/C23H27ClN4O2S/c1-16-10-17(11-18-14-28(6-8-29)7-9-30-15-18)12-25-22(16)27-23-26-13-21(31-23)19-2-4-20(24)5-3-19/h2-5,10,12-13,18,29H,6-9,11,14-15H2,1H3,(H,25,26,27). The van der Waals surface area contributed by atoms with E-state index in [0.717, 1.165) is 64.7 Å². The highest BCUT2D eigenvalue weighted by Gasteiger charge is 2.19. The summed E-state index contributed by atoms with van der Waals surface area (Å²) < 4.78 is 5.76. The molecule has 1 aromatic carbocycles. The Morgan fingerprint density at radius 2 is 2.10 bits per heavy atom.